The molecule has 2 amide bonds. The lowest BCUT2D eigenvalue weighted by Gasteiger charge is -2.10. The molecule has 3 N–H and O–H groups in total. The largest absolute Gasteiger partial charge is 0.298 e. The highest BCUT2D eigenvalue weighted by Crippen LogP contribution is 2.09. The number of hydrazine groups is 1. The molecular formula is C16H14ClN3O2S. The van der Waals surface area contributed by atoms with E-state index >= 15 is 0 Å². The number of amides is 2. The first-order valence-electron chi connectivity index (χ1n) is 6.74. The predicted molar refractivity (Wildman–Crippen MR) is 92.9 cm³/mol. The molecule has 118 valence electrons. The molecule has 0 saturated heterocycles. The SMILES string of the molecule is O=C(Cc1ccc(Cl)cc1)NNC(=S)NC(=O)c1ccccc1. The fourth-order valence-electron chi connectivity index (χ4n) is 1.75. The molecule has 0 aliphatic heterocycles. The maximum atomic E-state index is 11.9. The van der Waals surface area contributed by atoms with Crippen LogP contribution in [0.3, 0.4) is 0 Å². The molecule has 7 heteroatoms. The fraction of sp³-hybridized carbons (Fsp3) is 0.0625. The molecule has 0 heterocycles. The average Bonchev–Trinajstić information content (AvgIpc) is 2.56. The zero-order valence-corrected chi connectivity index (χ0v) is 13.6. The number of hydrogen-bond acceptors (Lipinski definition) is 3. The minimum absolute atomic E-state index is 0.0170. The second kappa shape index (κ2) is 8.26. The van der Waals surface area contributed by atoms with Crippen molar-refractivity contribution >= 4 is 40.7 Å². The summed E-state index contributed by atoms with van der Waals surface area (Å²) in [7, 11) is 0. The molecule has 0 radical (unpaired) electrons. The Kier molecular flexibility index (Phi) is 6.08. The molecule has 0 aliphatic carbocycles. The van der Waals surface area contributed by atoms with E-state index in [1.807, 2.05) is 6.07 Å². The molecular weight excluding hydrogens is 334 g/mol. The van der Waals surface area contributed by atoms with Gasteiger partial charge in [0.15, 0.2) is 5.11 Å². The first-order valence-corrected chi connectivity index (χ1v) is 7.53. The van der Waals surface area contributed by atoms with Crippen molar-refractivity contribution in [1.82, 2.24) is 16.2 Å². The molecule has 0 saturated carbocycles. The number of rotatable bonds is 3. The van der Waals surface area contributed by atoms with Crippen LogP contribution in [-0.2, 0) is 11.2 Å². The van der Waals surface area contributed by atoms with E-state index in [1.165, 1.54) is 0 Å². The average molecular weight is 348 g/mol. The van der Waals surface area contributed by atoms with Crippen LogP contribution in [0.15, 0.2) is 54.6 Å². The van der Waals surface area contributed by atoms with Gasteiger partial charge in [-0.3, -0.25) is 25.8 Å². The summed E-state index contributed by atoms with van der Waals surface area (Å²) in [6.45, 7) is 0. The van der Waals surface area contributed by atoms with Crippen molar-refractivity contribution in [3.8, 4) is 0 Å². The van der Waals surface area contributed by atoms with Gasteiger partial charge in [-0.05, 0) is 42.0 Å². The summed E-state index contributed by atoms with van der Waals surface area (Å²) in [5.41, 5.74) is 6.20. The maximum absolute atomic E-state index is 11.9. The molecule has 0 bridgehead atoms. The van der Waals surface area contributed by atoms with Gasteiger partial charge in [0, 0.05) is 10.6 Å². The van der Waals surface area contributed by atoms with Crippen molar-refractivity contribution in [3.63, 3.8) is 0 Å². The Labute approximate surface area is 144 Å². The van der Waals surface area contributed by atoms with Gasteiger partial charge in [0.2, 0.25) is 5.91 Å². The van der Waals surface area contributed by atoms with Crippen LogP contribution >= 0.6 is 23.8 Å². The normalized spacial score (nSPS) is 9.78. The van der Waals surface area contributed by atoms with Crippen molar-refractivity contribution in [2.24, 2.45) is 0 Å². The molecule has 0 aromatic heterocycles. The summed E-state index contributed by atoms with van der Waals surface area (Å²) in [4.78, 5) is 23.6. The van der Waals surface area contributed by atoms with Gasteiger partial charge in [-0.15, -0.1) is 0 Å². The highest BCUT2D eigenvalue weighted by molar-refractivity contribution is 7.80. The quantitative estimate of drug-likeness (QED) is 0.588. The van der Waals surface area contributed by atoms with E-state index in [2.05, 4.69) is 16.2 Å². The Morgan fingerprint density at radius 2 is 1.61 bits per heavy atom. The first-order chi connectivity index (χ1) is 11.0. The van der Waals surface area contributed by atoms with E-state index in [4.69, 9.17) is 23.8 Å². The van der Waals surface area contributed by atoms with E-state index in [0.717, 1.165) is 5.56 Å². The van der Waals surface area contributed by atoms with Gasteiger partial charge in [-0.2, -0.15) is 0 Å². The summed E-state index contributed by atoms with van der Waals surface area (Å²) in [5.74, 6) is -0.640. The lowest BCUT2D eigenvalue weighted by atomic mass is 10.1. The van der Waals surface area contributed by atoms with Gasteiger partial charge in [0.05, 0.1) is 6.42 Å². The summed E-state index contributed by atoms with van der Waals surface area (Å²) in [6, 6.07) is 15.6. The minimum atomic E-state index is -0.352. The van der Waals surface area contributed by atoms with Crippen LogP contribution in [0.4, 0.5) is 0 Å². The van der Waals surface area contributed by atoms with Gasteiger partial charge in [-0.25, -0.2) is 0 Å². The highest BCUT2D eigenvalue weighted by Gasteiger charge is 2.08. The fourth-order valence-corrected chi connectivity index (χ4v) is 2.02. The monoisotopic (exact) mass is 347 g/mol. The second-order valence-electron chi connectivity index (χ2n) is 4.63. The van der Waals surface area contributed by atoms with Crippen LogP contribution < -0.4 is 16.2 Å². The number of carbonyl (C=O) groups is 2. The van der Waals surface area contributed by atoms with E-state index in [-0.39, 0.29) is 23.3 Å². The lowest BCUT2D eigenvalue weighted by Crippen LogP contribution is -2.48. The highest BCUT2D eigenvalue weighted by atomic mass is 35.5. The van der Waals surface area contributed by atoms with Crippen molar-refractivity contribution in [3.05, 3.63) is 70.7 Å². The van der Waals surface area contributed by atoms with Crippen molar-refractivity contribution in [1.29, 1.82) is 0 Å². The lowest BCUT2D eigenvalue weighted by molar-refractivity contribution is -0.121. The van der Waals surface area contributed by atoms with Crippen LogP contribution in [0.2, 0.25) is 5.02 Å². The second-order valence-corrected chi connectivity index (χ2v) is 5.47. The molecule has 0 fully saturated rings. The third-order valence-electron chi connectivity index (χ3n) is 2.86. The summed E-state index contributed by atoms with van der Waals surface area (Å²) in [6.07, 6.45) is 0.166. The number of thiocarbonyl (C=S) groups is 1. The molecule has 0 spiro atoms. The van der Waals surface area contributed by atoms with Crippen LogP contribution in [0.25, 0.3) is 0 Å². The van der Waals surface area contributed by atoms with Crippen LogP contribution in [0, 0.1) is 0 Å². The predicted octanol–water partition coefficient (Wildman–Crippen LogP) is 2.22. The van der Waals surface area contributed by atoms with Gasteiger partial charge < -0.3 is 0 Å². The number of halogens is 1. The number of hydrogen-bond donors (Lipinski definition) is 3. The molecule has 23 heavy (non-hydrogen) atoms. The minimum Gasteiger partial charge on any atom is -0.298 e. The summed E-state index contributed by atoms with van der Waals surface area (Å²) in [5, 5.41) is 3.10. The van der Waals surface area contributed by atoms with Crippen molar-refractivity contribution in [2.45, 2.75) is 6.42 Å². The Bertz CT molecular complexity index is 705. The molecule has 2 aromatic carbocycles. The Morgan fingerprint density at radius 3 is 2.26 bits per heavy atom. The topological polar surface area (TPSA) is 70.2 Å². The summed E-state index contributed by atoms with van der Waals surface area (Å²) < 4.78 is 0. The Morgan fingerprint density at radius 1 is 0.957 bits per heavy atom. The van der Waals surface area contributed by atoms with Crippen LogP contribution in [-0.4, -0.2) is 16.9 Å². The maximum Gasteiger partial charge on any atom is 0.257 e. The first kappa shape index (κ1) is 16.9. The van der Waals surface area contributed by atoms with Gasteiger partial charge in [0.25, 0.3) is 5.91 Å². The third kappa shape index (κ3) is 5.69. The zero-order valence-electron chi connectivity index (χ0n) is 12.0. The van der Waals surface area contributed by atoms with E-state index in [9.17, 15) is 9.59 Å². The standard InChI is InChI=1S/C16H14ClN3O2S/c17-13-8-6-11(7-9-13)10-14(21)19-20-16(23)18-15(22)12-4-2-1-3-5-12/h1-9H,10H2,(H,19,21)(H2,18,20,22,23). The third-order valence-corrected chi connectivity index (χ3v) is 3.31. The molecule has 2 aromatic rings. The number of benzene rings is 2. The summed E-state index contributed by atoms with van der Waals surface area (Å²) >= 11 is 10.7. The van der Waals surface area contributed by atoms with Gasteiger partial charge in [0.1, 0.15) is 0 Å². The molecule has 5 nitrogen and oxygen atoms in total. The molecule has 0 unspecified atom stereocenters. The Balaban J connectivity index is 1.76. The smallest absolute Gasteiger partial charge is 0.257 e. The van der Waals surface area contributed by atoms with E-state index in [1.54, 1.807) is 48.5 Å². The van der Waals surface area contributed by atoms with E-state index in [0.29, 0.717) is 10.6 Å². The van der Waals surface area contributed by atoms with Crippen molar-refractivity contribution < 1.29 is 9.59 Å². The number of nitrogens with one attached hydrogen (secondary N) is 3. The Hall–Kier alpha value is -2.44. The van der Waals surface area contributed by atoms with Gasteiger partial charge in [-0.1, -0.05) is 41.9 Å². The molecule has 0 atom stereocenters. The molecule has 0 aliphatic rings. The van der Waals surface area contributed by atoms with Crippen LogP contribution in [0.1, 0.15) is 15.9 Å². The number of carbonyl (C=O) groups excluding carboxylic acids is 2. The van der Waals surface area contributed by atoms with Gasteiger partial charge >= 0.3 is 0 Å². The van der Waals surface area contributed by atoms with Crippen molar-refractivity contribution in [2.75, 3.05) is 0 Å². The molecule has 2 rings (SSSR count). The van der Waals surface area contributed by atoms with E-state index < -0.39 is 0 Å². The zero-order chi connectivity index (χ0) is 16.7. The van der Waals surface area contributed by atoms with Crippen LogP contribution in [0.5, 0.6) is 0 Å².